The smallest absolute Gasteiger partial charge is 0.237 e. The van der Waals surface area contributed by atoms with Gasteiger partial charge in [-0.05, 0) is 25.1 Å². The zero-order valence-corrected chi connectivity index (χ0v) is 10.7. The molecular formula is C13H16N4O. The Morgan fingerprint density at radius 3 is 2.67 bits per heavy atom. The summed E-state index contributed by atoms with van der Waals surface area (Å²) in [6.07, 6.45) is 6.92. The van der Waals surface area contributed by atoms with E-state index in [2.05, 4.69) is 26.3 Å². The molecule has 0 spiro atoms. The highest BCUT2D eigenvalue weighted by atomic mass is 16.5. The van der Waals surface area contributed by atoms with E-state index < -0.39 is 0 Å². The van der Waals surface area contributed by atoms with Crippen LogP contribution in [0, 0.1) is 6.92 Å². The van der Waals surface area contributed by atoms with Crippen LogP contribution >= 0.6 is 0 Å². The topological polar surface area (TPSA) is 59.9 Å². The Balaban J connectivity index is 2.45. The second-order valence-corrected chi connectivity index (χ2v) is 3.97. The van der Waals surface area contributed by atoms with Gasteiger partial charge < -0.3 is 10.1 Å². The molecule has 0 fully saturated rings. The number of aryl methyl sites for hydroxylation is 1. The number of nitrogens with zero attached hydrogens (tertiary/aromatic N) is 3. The summed E-state index contributed by atoms with van der Waals surface area (Å²) in [4.78, 5) is 12.7. The molecule has 0 saturated heterocycles. The van der Waals surface area contributed by atoms with Crippen LogP contribution in [-0.2, 0) is 0 Å². The van der Waals surface area contributed by atoms with Crippen molar-refractivity contribution in [1.82, 2.24) is 20.3 Å². The Morgan fingerprint density at radius 2 is 2.00 bits per heavy atom. The van der Waals surface area contributed by atoms with Crippen molar-refractivity contribution >= 4 is 0 Å². The van der Waals surface area contributed by atoms with Crippen molar-refractivity contribution in [2.45, 2.75) is 13.0 Å². The van der Waals surface area contributed by atoms with Crippen LogP contribution in [0.15, 0.2) is 30.9 Å². The number of nitrogens with one attached hydrogen (secondary N) is 1. The molecule has 0 amide bonds. The van der Waals surface area contributed by atoms with E-state index >= 15 is 0 Å². The first kappa shape index (κ1) is 12.4. The molecule has 0 aromatic carbocycles. The zero-order chi connectivity index (χ0) is 13.0. The first-order valence-electron chi connectivity index (χ1n) is 5.70. The lowest BCUT2D eigenvalue weighted by molar-refractivity contribution is 0.384. The van der Waals surface area contributed by atoms with Crippen LogP contribution in [0.4, 0.5) is 0 Å². The predicted molar refractivity (Wildman–Crippen MR) is 68.5 cm³/mol. The summed E-state index contributed by atoms with van der Waals surface area (Å²) >= 11 is 0. The minimum atomic E-state index is -0.0824. The molecule has 2 aromatic heterocycles. The third kappa shape index (κ3) is 2.46. The van der Waals surface area contributed by atoms with Gasteiger partial charge in [-0.1, -0.05) is 6.07 Å². The maximum absolute atomic E-state index is 5.25. The summed E-state index contributed by atoms with van der Waals surface area (Å²) in [5, 5.41) is 3.21. The number of rotatable bonds is 4. The van der Waals surface area contributed by atoms with Gasteiger partial charge in [0.05, 0.1) is 13.2 Å². The lowest BCUT2D eigenvalue weighted by Gasteiger charge is -2.17. The van der Waals surface area contributed by atoms with Crippen molar-refractivity contribution in [3.05, 3.63) is 47.7 Å². The molecule has 0 aliphatic carbocycles. The first-order chi connectivity index (χ1) is 8.76. The number of ether oxygens (including phenoxy) is 1. The molecular weight excluding hydrogens is 228 g/mol. The minimum absolute atomic E-state index is 0.0824. The van der Waals surface area contributed by atoms with Crippen LogP contribution in [0.2, 0.25) is 0 Å². The molecule has 0 radical (unpaired) electrons. The maximum Gasteiger partial charge on any atom is 0.237 e. The lowest BCUT2D eigenvalue weighted by atomic mass is 10.0. The Bertz CT molecular complexity index is 530. The van der Waals surface area contributed by atoms with E-state index in [0.29, 0.717) is 5.88 Å². The summed E-state index contributed by atoms with van der Waals surface area (Å²) in [7, 11) is 3.47. The molecule has 5 nitrogen and oxygen atoms in total. The fourth-order valence-electron chi connectivity index (χ4n) is 1.89. The molecule has 2 aromatic rings. The third-order valence-electron chi connectivity index (χ3n) is 2.68. The van der Waals surface area contributed by atoms with Gasteiger partial charge in [0.1, 0.15) is 5.69 Å². The van der Waals surface area contributed by atoms with Crippen LogP contribution in [-0.4, -0.2) is 29.1 Å². The van der Waals surface area contributed by atoms with Gasteiger partial charge in [0, 0.05) is 24.8 Å². The van der Waals surface area contributed by atoms with E-state index in [-0.39, 0.29) is 6.04 Å². The van der Waals surface area contributed by atoms with Gasteiger partial charge in [-0.3, -0.25) is 9.97 Å². The van der Waals surface area contributed by atoms with E-state index in [1.165, 1.54) is 0 Å². The monoisotopic (exact) mass is 244 g/mol. The average Bonchev–Trinajstić information content (AvgIpc) is 2.40. The van der Waals surface area contributed by atoms with Crippen molar-refractivity contribution in [1.29, 1.82) is 0 Å². The first-order valence-corrected chi connectivity index (χ1v) is 5.70. The maximum atomic E-state index is 5.25. The molecule has 1 unspecified atom stereocenters. The standard InChI is InChI=1S/C13H16N4O/c1-9-6-10(8-15-7-9)11(14-2)12-13(18-3)17-5-4-16-12/h4-8,11,14H,1-3H3. The van der Waals surface area contributed by atoms with E-state index in [1.54, 1.807) is 19.5 Å². The zero-order valence-electron chi connectivity index (χ0n) is 10.7. The van der Waals surface area contributed by atoms with Crippen molar-refractivity contribution < 1.29 is 4.74 Å². The van der Waals surface area contributed by atoms with Crippen molar-refractivity contribution in [3.8, 4) is 5.88 Å². The molecule has 2 rings (SSSR count). The Hall–Kier alpha value is -2.01. The van der Waals surface area contributed by atoms with Gasteiger partial charge in [0.25, 0.3) is 0 Å². The normalized spacial score (nSPS) is 12.2. The summed E-state index contributed by atoms with van der Waals surface area (Å²) < 4.78 is 5.25. The van der Waals surface area contributed by atoms with Gasteiger partial charge in [-0.25, -0.2) is 4.98 Å². The van der Waals surface area contributed by atoms with Gasteiger partial charge in [-0.15, -0.1) is 0 Å². The molecule has 94 valence electrons. The van der Waals surface area contributed by atoms with Crippen LogP contribution in [0.1, 0.15) is 22.9 Å². The van der Waals surface area contributed by atoms with Crippen LogP contribution in [0.3, 0.4) is 0 Å². The molecule has 0 aliphatic heterocycles. The molecule has 0 bridgehead atoms. The van der Waals surface area contributed by atoms with E-state index in [1.807, 2.05) is 26.4 Å². The molecule has 18 heavy (non-hydrogen) atoms. The summed E-state index contributed by atoms with van der Waals surface area (Å²) in [6, 6.07) is 1.99. The number of hydrogen-bond acceptors (Lipinski definition) is 5. The van der Waals surface area contributed by atoms with Gasteiger partial charge in [0.2, 0.25) is 5.88 Å². The van der Waals surface area contributed by atoms with Gasteiger partial charge in [0.15, 0.2) is 0 Å². The Morgan fingerprint density at radius 1 is 1.22 bits per heavy atom. The molecule has 0 saturated carbocycles. The highest BCUT2D eigenvalue weighted by Gasteiger charge is 2.19. The predicted octanol–water partition coefficient (Wildman–Crippen LogP) is 1.50. The number of aromatic nitrogens is 3. The summed E-state index contributed by atoms with van der Waals surface area (Å²) in [5.41, 5.74) is 2.90. The number of pyridine rings is 1. The fourth-order valence-corrected chi connectivity index (χ4v) is 1.89. The molecule has 1 N–H and O–H groups in total. The quantitative estimate of drug-likeness (QED) is 0.883. The SMILES string of the molecule is CNC(c1cncc(C)c1)c1nccnc1OC. The molecule has 5 heteroatoms. The highest BCUT2D eigenvalue weighted by molar-refractivity contribution is 5.32. The van der Waals surface area contributed by atoms with Crippen molar-refractivity contribution in [3.63, 3.8) is 0 Å². The Labute approximate surface area is 106 Å². The van der Waals surface area contributed by atoms with E-state index in [9.17, 15) is 0 Å². The fraction of sp³-hybridized carbons (Fsp3) is 0.308. The summed E-state index contributed by atoms with van der Waals surface area (Å²) in [5.74, 6) is 0.526. The van der Waals surface area contributed by atoms with Crippen molar-refractivity contribution in [2.24, 2.45) is 0 Å². The molecule has 0 aliphatic rings. The minimum Gasteiger partial charge on any atom is -0.480 e. The largest absolute Gasteiger partial charge is 0.480 e. The number of methoxy groups -OCH3 is 1. The van der Waals surface area contributed by atoms with E-state index in [4.69, 9.17) is 4.74 Å². The third-order valence-corrected chi connectivity index (χ3v) is 2.68. The van der Waals surface area contributed by atoms with E-state index in [0.717, 1.165) is 16.8 Å². The second-order valence-electron chi connectivity index (χ2n) is 3.97. The van der Waals surface area contributed by atoms with Crippen LogP contribution in [0.25, 0.3) is 0 Å². The second kappa shape index (κ2) is 5.55. The number of hydrogen-bond donors (Lipinski definition) is 1. The lowest BCUT2D eigenvalue weighted by Crippen LogP contribution is -2.20. The molecule has 2 heterocycles. The highest BCUT2D eigenvalue weighted by Crippen LogP contribution is 2.25. The van der Waals surface area contributed by atoms with Gasteiger partial charge in [-0.2, -0.15) is 0 Å². The average molecular weight is 244 g/mol. The van der Waals surface area contributed by atoms with Crippen LogP contribution in [0.5, 0.6) is 5.88 Å². The van der Waals surface area contributed by atoms with Crippen molar-refractivity contribution in [2.75, 3.05) is 14.2 Å². The van der Waals surface area contributed by atoms with Gasteiger partial charge >= 0.3 is 0 Å². The van der Waals surface area contributed by atoms with Crippen LogP contribution < -0.4 is 10.1 Å². The summed E-state index contributed by atoms with van der Waals surface area (Å²) in [6.45, 7) is 2.01. The molecule has 1 atom stereocenters. The Kier molecular flexibility index (Phi) is 3.84.